The van der Waals surface area contributed by atoms with Gasteiger partial charge in [-0.25, -0.2) is 8.78 Å². The Balaban J connectivity index is 1.85. The second-order valence-electron chi connectivity index (χ2n) is 5.74. The van der Waals surface area contributed by atoms with Gasteiger partial charge in [-0.05, 0) is 31.0 Å². The summed E-state index contributed by atoms with van der Waals surface area (Å²) in [5.41, 5.74) is 0.156. The molecule has 1 amide bonds. The van der Waals surface area contributed by atoms with Crippen LogP contribution in [0.3, 0.4) is 0 Å². The maximum Gasteiger partial charge on any atom is 0.254 e. The van der Waals surface area contributed by atoms with Crippen LogP contribution in [0.25, 0.3) is 0 Å². The number of piperazine rings is 1. The molecule has 1 aliphatic heterocycles. The number of aliphatic hydroxyl groups is 1. The molecule has 126 valence electrons. The van der Waals surface area contributed by atoms with Crippen molar-refractivity contribution in [3.05, 3.63) is 48.1 Å². The predicted octanol–water partition coefficient (Wildman–Crippen LogP) is 2.05. The summed E-state index contributed by atoms with van der Waals surface area (Å²) in [5, 5.41) is 9.89. The van der Waals surface area contributed by atoms with Gasteiger partial charge in [0.2, 0.25) is 0 Å². The summed E-state index contributed by atoms with van der Waals surface area (Å²) in [7, 11) is 0. The number of aliphatic hydroxyl groups excluding tert-OH is 1. The van der Waals surface area contributed by atoms with Crippen LogP contribution in [0, 0.1) is 11.6 Å². The summed E-state index contributed by atoms with van der Waals surface area (Å²) in [5.74, 6) is -2.27. The molecule has 1 fully saturated rings. The molecule has 6 heteroatoms. The smallest absolute Gasteiger partial charge is 0.254 e. The van der Waals surface area contributed by atoms with Crippen LogP contribution in [-0.2, 0) is 0 Å². The third-order valence-electron chi connectivity index (χ3n) is 4.00. The second-order valence-corrected chi connectivity index (χ2v) is 5.74. The zero-order chi connectivity index (χ0) is 16.8. The number of halogens is 2. The summed E-state index contributed by atoms with van der Waals surface area (Å²) in [4.78, 5) is 16.0. The average Bonchev–Trinajstić information content (AvgIpc) is 2.55. The van der Waals surface area contributed by atoms with Crippen LogP contribution in [0.15, 0.2) is 30.9 Å². The summed E-state index contributed by atoms with van der Waals surface area (Å²) in [6.45, 7) is 6.52. The van der Waals surface area contributed by atoms with Gasteiger partial charge in [0.1, 0.15) is 0 Å². The second kappa shape index (κ2) is 8.17. The predicted molar refractivity (Wildman–Crippen MR) is 84.1 cm³/mol. The molecular weight excluding hydrogens is 302 g/mol. The monoisotopic (exact) mass is 324 g/mol. The topological polar surface area (TPSA) is 43.8 Å². The maximum atomic E-state index is 13.2. The van der Waals surface area contributed by atoms with Crippen LogP contribution in [0.1, 0.15) is 23.2 Å². The zero-order valence-electron chi connectivity index (χ0n) is 13.0. The number of benzene rings is 1. The highest BCUT2D eigenvalue weighted by molar-refractivity contribution is 5.94. The van der Waals surface area contributed by atoms with E-state index >= 15 is 0 Å². The fraction of sp³-hybridized carbons (Fsp3) is 0.471. The number of rotatable bonds is 6. The fourth-order valence-electron chi connectivity index (χ4n) is 2.64. The van der Waals surface area contributed by atoms with Gasteiger partial charge in [-0.2, -0.15) is 0 Å². The van der Waals surface area contributed by atoms with Crippen LogP contribution in [0.5, 0.6) is 0 Å². The summed E-state index contributed by atoms with van der Waals surface area (Å²) >= 11 is 0. The normalized spacial score (nSPS) is 17.1. The summed E-state index contributed by atoms with van der Waals surface area (Å²) in [6, 6.07) is 3.20. The van der Waals surface area contributed by atoms with Crippen LogP contribution in [0.2, 0.25) is 0 Å². The highest BCUT2D eigenvalue weighted by atomic mass is 19.2. The third kappa shape index (κ3) is 4.84. The number of carbonyl (C=O) groups is 1. The van der Waals surface area contributed by atoms with Crippen molar-refractivity contribution in [2.75, 3.05) is 32.7 Å². The van der Waals surface area contributed by atoms with Crippen molar-refractivity contribution in [2.45, 2.75) is 18.9 Å². The van der Waals surface area contributed by atoms with Crippen molar-refractivity contribution in [1.29, 1.82) is 0 Å². The van der Waals surface area contributed by atoms with Crippen molar-refractivity contribution >= 4 is 5.91 Å². The number of hydrogen-bond donors (Lipinski definition) is 1. The first kappa shape index (κ1) is 17.6. The Morgan fingerprint density at radius 3 is 2.57 bits per heavy atom. The Hall–Kier alpha value is -1.79. The Morgan fingerprint density at radius 1 is 1.26 bits per heavy atom. The molecule has 1 unspecified atom stereocenters. The SMILES string of the molecule is C=CCCC(O)CN1CCN(C(=O)c2ccc(F)c(F)c2)CC1. The summed E-state index contributed by atoms with van der Waals surface area (Å²) < 4.78 is 26.2. The Morgan fingerprint density at radius 2 is 1.96 bits per heavy atom. The van der Waals surface area contributed by atoms with Gasteiger partial charge in [0, 0.05) is 38.3 Å². The van der Waals surface area contributed by atoms with Gasteiger partial charge in [-0.15, -0.1) is 6.58 Å². The highest BCUT2D eigenvalue weighted by Crippen LogP contribution is 2.13. The molecule has 1 atom stereocenters. The molecule has 0 saturated carbocycles. The molecule has 0 bridgehead atoms. The van der Waals surface area contributed by atoms with Crippen molar-refractivity contribution in [3.63, 3.8) is 0 Å². The minimum Gasteiger partial charge on any atom is -0.392 e. The molecule has 0 spiro atoms. The van der Waals surface area contributed by atoms with E-state index in [2.05, 4.69) is 11.5 Å². The Kier molecular flexibility index (Phi) is 6.24. The molecule has 1 N–H and O–H groups in total. The van der Waals surface area contributed by atoms with E-state index < -0.39 is 17.7 Å². The lowest BCUT2D eigenvalue weighted by molar-refractivity contribution is 0.0517. The number of hydrogen-bond acceptors (Lipinski definition) is 3. The molecule has 0 aliphatic carbocycles. The number of amides is 1. The fourth-order valence-corrected chi connectivity index (χ4v) is 2.64. The van der Waals surface area contributed by atoms with E-state index in [1.165, 1.54) is 6.07 Å². The van der Waals surface area contributed by atoms with E-state index in [0.717, 1.165) is 18.6 Å². The van der Waals surface area contributed by atoms with Gasteiger partial charge in [0.05, 0.1) is 6.10 Å². The number of β-amino-alcohol motifs (C(OH)–C–C–N with tert-alkyl or cyclic N) is 1. The lowest BCUT2D eigenvalue weighted by Crippen LogP contribution is -2.50. The van der Waals surface area contributed by atoms with Crippen LogP contribution in [-0.4, -0.2) is 59.6 Å². The largest absolute Gasteiger partial charge is 0.392 e. The van der Waals surface area contributed by atoms with E-state index in [-0.39, 0.29) is 11.5 Å². The van der Waals surface area contributed by atoms with Crippen molar-refractivity contribution in [3.8, 4) is 0 Å². The van der Waals surface area contributed by atoms with E-state index in [9.17, 15) is 18.7 Å². The lowest BCUT2D eigenvalue weighted by atomic mass is 10.1. The molecule has 1 aromatic rings. The summed E-state index contributed by atoms with van der Waals surface area (Å²) in [6.07, 6.45) is 2.83. The average molecular weight is 324 g/mol. The Labute approximate surface area is 135 Å². The highest BCUT2D eigenvalue weighted by Gasteiger charge is 2.23. The van der Waals surface area contributed by atoms with Gasteiger partial charge in [0.25, 0.3) is 5.91 Å². The van der Waals surface area contributed by atoms with Gasteiger partial charge < -0.3 is 10.0 Å². The van der Waals surface area contributed by atoms with Gasteiger partial charge in [-0.3, -0.25) is 9.69 Å². The molecule has 1 heterocycles. The maximum absolute atomic E-state index is 13.2. The van der Waals surface area contributed by atoms with E-state index in [0.29, 0.717) is 39.1 Å². The molecule has 2 rings (SSSR count). The van der Waals surface area contributed by atoms with Crippen molar-refractivity contribution < 1.29 is 18.7 Å². The zero-order valence-corrected chi connectivity index (χ0v) is 13.0. The first-order valence-corrected chi connectivity index (χ1v) is 7.77. The number of carbonyl (C=O) groups excluding carboxylic acids is 1. The van der Waals surface area contributed by atoms with Crippen molar-refractivity contribution in [2.24, 2.45) is 0 Å². The minimum atomic E-state index is -1.01. The van der Waals surface area contributed by atoms with Crippen molar-refractivity contribution in [1.82, 2.24) is 9.80 Å². The molecule has 0 radical (unpaired) electrons. The first-order chi connectivity index (χ1) is 11.0. The third-order valence-corrected chi connectivity index (χ3v) is 4.00. The first-order valence-electron chi connectivity index (χ1n) is 7.77. The van der Waals surface area contributed by atoms with E-state index in [1.54, 1.807) is 11.0 Å². The quantitative estimate of drug-likeness (QED) is 0.815. The molecule has 1 aromatic carbocycles. The lowest BCUT2D eigenvalue weighted by Gasteiger charge is -2.35. The molecule has 1 aliphatic rings. The van der Waals surface area contributed by atoms with Crippen LogP contribution < -0.4 is 0 Å². The number of allylic oxidation sites excluding steroid dienone is 1. The van der Waals surface area contributed by atoms with Crippen LogP contribution >= 0.6 is 0 Å². The van der Waals surface area contributed by atoms with Gasteiger partial charge >= 0.3 is 0 Å². The van der Waals surface area contributed by atoms with Gasteiger partial charge in [-0.1, -0.05) is 6.08 Å². The molecule has 23 heavy (non-hydrogen) atoms. The number of nitrogens with zero attached hydrogens (tertiary/aromatic N) is 2. The van der Waals surface area contributed by atoms with E-state index in [1.807, 2.05) is 0 Å². The standard InChI is InChI=1S/C17H22F2N2O2/c1-2-3-4-14(22)12-20-7-9-21(10-8-20)17(23)13-5-6-15(18)16(19)11-13/h2,5-6,11,14,22H,1,3-4,7-10,12H2. The molecular formula is C17H22F2N2O2. The van der Waals surface area contributed by atoms with E-state index in [4.69, 9.17) is 0 Å². The van der Waals surface area contributed by atoms with Crippen LogP contribution in [0.4, 0.5) is 8.78 Å². The molecule has 0 aromatic heterocycles. The van der Waals surface area contributed by atoms with Gasteiger partial charge in [0.15, 0.2) is 11.6 Å². The molecule has 1 saturated heterocycles. The minimum absolute atomic E-state index is 0.156. The Bertz CT molecular complexity index is 558. The molecule has 4 nitrogen and oxygen atoms in total.